The Labute approximate surface area is 157 Å². The maximum atomic E-state index is 12.8. The number of fused-ring (bicyclic) bond motifs is 1. The van der Waals surface area contributed by atoms with Gasteiger partial charge in [-0.15, -0.1) is 4.72 Å². The van der Waals surface area contributed by atoms with E-state index in [1.165, 1.54) is 4.90 Å². The molecule has 144 valence electrons. The highest BCUT2D eigenvalue weighted by molar-refractivity contribution is 7.90. The zero-order valence-electron chi connectivity index (χ0n) is 15.7. The van der Waals surface area contributed by atoms with E-state index in [1.807, 2.05) is 32.9 Å². The molecule has 1 aliphatic carbocycles. The van der Waals surface area contributed by atoms with E-state index in [4.69, 9.17) is 4.74 Å². The van der Waals surface area contributed by atoms with Crippen molar-refractivity contribution >= 4 is 17.5 Å². The zero-order chi connectivity index (χ0) is 19.1. The molecular formula is C18H27N3O4S. The number of hydrogen-bond donors (Lipinski definition) is 2. The summed E-state index contributed by atoms with van der Waals surface area (Å²) in [7, 11) is 1.59. The molecule has 1 fully saturated rings. The van der Waals surface area contributed by atoms with Gasteiger partial charge in [0.1, 0.15) is 4.75 Å². The molecule has 1 amide bonds. The molecule has 26 heavy (non-hydrogen) atoms. The summed E-state index contributed by atoms with van der Waals surface area (Å²) in [6, 6.07) is 3.72. The van der Waals surface area contributed by atoms with Crippen molar-refractivity contribution in [3.8, 4) is 5.88 Å². The van der Waals surface area contributed by atoms with Gasteiger partial charge in [0, 0.05) is 35.9 Å². The van der Waals surface area contributed by atoms with Gasteiger partial charge in [0.15, 0.2) is 0 Å². The molecule has 8 heteroatoms. The van der Waals surface area contributed by atoms with Crippen LogP contribution in [0.2, 0.25) is 0 Å². The second-order valence-electron chi connectivity index (χ2n) is 8.13. The number of piperidine rings is 1. The Hall–Kier alpha value is -1.51. The van der Waals surface area contributed by atoms with Crippen LogP contribution < -0.4 is 9.46 Å². The molecule has 2 N–H and O–H groups in total. The highest BCUT2D eigenvalue weighted by atomic mass is 32.2. The van der Waals surface area contributed by atoms with Crippen LogP contribution in [0.5, 0.6) is 5.88 Å². The highest BCUT2D eigenvalue weighted by Crippen LogP contribution is 2.52. The summed E-state index contributed by atoms with van der Waals surface area (Å²) in [6.45, 7) is 6.80. The predicted molar refractivity (Wildman–Crippen MR) is 99.5 cm³/mol. The topological polar surface area (TPSA) is 97.8 Å². The number of carboxylic acid groups (broad SMARTS) is 1. The summed E-state index contributed by atoms with van der Waals surface area (Å²) in [5, 5.41) is 9.26. The van der Waals surface area contributed by atoms with E-state index in [-0.39, 0.29) is 16.2 Å². The number of pyridine rings is 1. The van der Waals surface area contributed by atoms with E-state index in [0.29, 0.717) is 19.0 Å². The van der Waals surface area contributed by atoms with Crippen molar-refractivity contribution in [2.24, 2.45) is 5.41 Å². The third-order valence-corrected chi connectivity index (χ3v) is 7.01. The van der Waals surface area contributed by atoms with Crippen molar-refractivity contribution in [3.63, 3.8) is 0 Å². The van der Waals surface area contributed by atoms with E-state index in [2.05, 4.69) is 9.71 Å². The fourth-order valence-electron chi connectivity index (χ4n) is 3.86. The molecule has 1 aromatic rings. The van der Waals surface area contributed by atoms with E-state index in [1.54, 1.807) is 7.11 Å². The van der Waals surface area contributed by atoms with Gasteiger partial charge in [-0.2, -0.15) is 0 Å². The standard InChI is InChI=1S/C18H27N3O4S/c1-17(2,3)26(24)20-15-12-5-6-14(25-4)19-13(12)11-18(15)7-9-21(10-8-18)16(22)23/h5-6,15,20H,7-11H2,1-4H3,(H,22,23)/t15-,26-/m1/s1. The highest BCUT2D eigenvalue weighted by Gasteiger charge is 2.51. The van der Waals surface area contributed by atoms with Crippen LogP contribution in [-0.4, -0.2) is 50.6 Å². The van der Waals surface area contributed by atoms with E-state index in [0.717, 1.165) is 30.5 Å². The molecule has 1 aliphatic heterocycles. The van der Waals surface area contributed by atoms with Crippen LogP contribution in [0.15, 0.2) is 12.1 Å². The average molecular weight is 381 g/mol. The molecule has 0 bridgehead atoms. The molecule has 0 aromatic carbocycles. The largest absolute Gasteiger partial charge is 0.598 e. The summed E-state index contributed by atoms with van der Waals surface area (Å²) in [5.74, 6) is 0.569. The van der Waals surface area contributed by atoms with Gasteiger partial charge in [-0.05, 0) is 45.6 Å². The molecule has 2 heterocycles. The molecule has 1 saturated heterocycles. The number of carbonyl (C=O) groups is 1. The van der Waals surface area contributed by atoms with Crippen LogP contribution in [0.25, 0.3) is 0 Å². The minimum atomic E-state index is -1.23. The smallest absolute Gasteiger partial charge is 0.407 e. The van der Waals surface area contributed by atoms with Crippen LogP contribution in [0.3, 0.4) is 0 Å². The number of methoxy groups -OCH3 is 1. The maximum absolute atomic E-state index is 12.8. The maximum Gasteiger partial charge on any atom is 0.407 e. The summed E-state index contributed by atoms with van der Waals surface area (Å²) in [5.41, 5.74) is 1.83. The predicted octanol–water partition coefficient (Wildman–Crippen LogP) is 2.50. The Morgan fingerprint density at radius 2 is 2.08 bits per heavy atom. The lowest BCUT2D eigenvalue weighted by molar-refractivity contribution is 0.0762. The van der Waals surface area contributed by atoms with Gasteiger partial charge in [-0.1, -0.05) is 6.07 Å². The SMILES string of the molecule is COc1ccc2c(n1)CC1(CCN(C(=O)O)CC1)[C@@H]2N[S@+]([O-])C(C)(C)C. The Bertz CT molecular complexity index is 684. The first-order valence-corrected chi connectivity index (χ1v) is 10.0. The lowest BCUT2D eigenvalue weighted by Gasteiger charge is -2.42. The average Bonchev–Trinajstić information content (AvgIpc) is 2.86. The van der Waals surface area contributed by atoms with E-state index in [9.17, 15) is 14.5 Å². The van der Waals surface area contributed by atoms with Gasteiger partial charge < -0.3 is 19.3 Å². The van der Waals surface area contributed by atoms with Crippen LogP contribution in [-0.2, 0) is 17.8 Å². The van der Waals surface area contributed by atoms with Crippen LogP contribution in [0.1, 0.15) is 50.9 Å². The van der Waals surface area contributed by atoms with Gasteiger partial charge in [-0.25, -0.2) is 9.78 Å². The van der Waals surface area contributed by atoms with E-state index < -0.39 is 17.5 Å². The Kier molecular flexibility index (Phi) is 5.11. The molecule has 2 aliphatic rings. The normalized spacial score (nSPS) is 23.0. The van der Waals surface area contributed by atoms with E-state index >= 15 is 0 Å². The van der Waals surface area contributed by atoms with Gasteiger partial charge in [0.2, 0.25) is 5.88 Å². The number of amides is 1. The van der Waals surface area contributed by atoms with Crippen molar-refractivity contribution in [2.75, 3.05) is 20.2 Å². The molecule has 3 rings (SSSR count). The Balaban J connectivity index is 1.91. The minimum absolute atomic E-state index is 0.105. The van der Waals surface area contributed by atoms with Gasteiger partial charge in [-0.3, -0.25) is 0 Å². The summed E-state index contributed by atoms with van der Waals surface area (Å²) >= 11 is -1.23. The number of ether oxygens (including phenoxy) is 1. The van der Waals surface area contributed by atoms with Crippen molar-refractivity contribution in [1.82, 2.24) is 14.6 Å². The number of hydrogen-bond acceptors (Lipinski definition) is 5. The molecule has 2 atom stereocenters. The molecule has 0 saturated carbocycles. The van der Waals surface area contributed by atoms with Crippen molar-refractivity contribution in [1.29, 1.82) is 0 Å². The first-order valence-electron chi connectivity index (χ1n) is 8.86. The molecule has 0 radical (unpaired) electrons. The minimum Gasteiger partial charge on any atom is -0.598 e. The monoisotopic (exact) mass is 381 g/mol. The fraction of sp³-hybridized carbons (Fsp3) is 0.667. The van der Waals surface area contributed by atoms with Gasteiger partial charge in [0.25, 0.3) is 0 Å². The van der Waals surface area contributed by atoms with Crippen molar-refractivity contribution < 1.29 is 19.2 Å². The van der Waals surface area contributed by atoms with Crippen molar-refractivity contribution in [2.45, 2.75) is 50.8 Å². The first kappa shape index (κ1) is 19.3. The van der Waals surface area contributed by atoms with Crippen LogP contribution in [0, 0.1) is 5.41 Å². The summed E-state index contributed by atoms with van der Waals surface area (Å²) in [4.78, 5) is 17.3. The third-order valence-electron chi connectivity index (χ3n) is 5.45. The summed E-state index contributed by atoms with van der Waals surface area (Å²) < 4.78 is 21.0. The number of nitrogens with zero attached hydrogens (tertiary/aromatic N) is 2. The molecule has 7 nitrogen and oxygen atoms in total. The van der Waals surface area contributed by atoms with Gasteiger partial charge in [0.05, 0.1) is 18.8 Å². The number of nitrogens with one attached hydrogen (secondary N) is 1. The Morgan fingerprint density at radius 3 is 2.62 bits per heavy atom. The number of likely N-dealkylation sites (tertiary alicyclic amines) is 1. The fourth-order valence-corrected chi connectivity index (χ4v) is 4.80. The lowest BCUT2D eigenvalue weighted by atomic mass is 9.73. The molecule has 0 unspecified atom stereocenters. The van der Waals surface area contributed by atoms with Crippen LogP contribution >= 0.6 is 0 Å². The number of rotatable bonds is 3. The van der Waals surface area contributed by atoms with Gasteiger partial charge >= 0.3 is 6.09 Å². The van der Waals surface area contributed by atoms with Crippen molar-refractivity contribution in [3.05, 3.63) is 23.4 Å². The second kappa shape index (κ2) is 6.90. The number of aromatic nitrogens is 1. The molecule has 1 spiro atoms. The quantitative estimate of drug-likeness (QED) is 0.781. The molecule has 1 aromatic heterocycles. The second-order valence-corrected chi connectivity index (χ2v) is 10.1. The van der Waals surface area contributed by atoms with Crippen LogP contribution in [0.4, 0.5) is 4.79 Å². The third kappa shape index (κ3) is 3.50. The Morgan fingerprint density at radius 1 is 1.42 bits per heavy atom. The lowest BCUT2D eigenvalue weighted by Crippen LogP contribution is -2.50. The summed E-state index contributed by atoms with van der Waals surface area (Å²) in [6.07, 6.45) is 1.30. The first-order chi connectivity index (χ1) is 12.2. The molecular weight excluding hydrogens is 354 g/mol. The zero-order valence-corrected chi connectivity index (χ0v) is 16.6.